The molecule has 1 saturated heterocycles. The number of aryl methyl sites for hydroxylation is 1. The summed E-state index contributed by atoms with van der Waals surface area (Å²) in [4.78, 5) is 26.5. The van der Waals surface area contributed by atoms with Crippen LogP contribution in [-0.2, 0) is 9.59 Å². The number of hydrogen-bond donors (Lipinski definition) is 1. The van der Waals surface area contributed by atoms with Crippen molar-refractivity contribution < 1.29 is 9.59 Å². The minimum absolute atomic E-state index is 0.00545. The molecule has 1 aromatic carbocycles. The molecular weight excluding hydrogens is 344 g/mol. The van der Waals surface area contributed by atoms with Crippen LogP contribution in [0, 0.1) is 30.6 Å². The number of likely N-dealkylation sites (tertiary alicyclic amines) is 1. The monoisotopic (exact) mass is 360 g/mol. The van der Waals surface area contributed by atoms with Crippen molar-refractivity contribution in [2.75, 3.05) is 12.0 Å². The number of imide groups is 1. The summed E-state index contributed by atoms with van der Waals surface area (Å²) in [6, 6.07) is 5.91. The van der Waals surface area contributed by atoms with Gasteiger partial charge in [-0.1, -0.05) is 28.1 Å². The van der Waals surface area contributed by atoms with E-state index in [-0.39, 0.29) is 42.2 Å². The number of amides is 2. The van der Waals surface area contributed by atoms with Crippen molar-refractivity contribution >= 4 is 33.4 Å². The fourth-order valence-electron chi connectivity index (χ4n) is 4.11. The first-order chi connectivity index (χ1) is 10.6. The van der Waals surface area contributed by atoms with Crippen LogP contribution in [0.3, 0.4) is 0 Å². The first-order valence-corrected chi connectivity index (χ1v) is 8.39. The Morgan fingerprint density at radius 2 is 1.82 bits per heavy atom. The summed E-state index contributed by atoms with van der Waals surface area (Å²) in [5, 5.41) is 3.23. The molecule has 2 aliphatic carbocycles. The number of nitrogens with one attached hydrogen (secondary N) is 1. The van der Waals surface area contributed by atoms with Crippen LogP contribution in [0.15, 0.2) is 34.8 Å². The van der Waals surface area contributed by atoms with Gasteiger partial charge in [0.1, 0.15) is 0 Å². The zero-order valence-electron chi connectivity index (χ0n) is 12.3. The molecule has 4 atom stereocenters. The van der Waals surface area contributed by atoms with E-state index in [2.05, 4.69) is 33.4 Å². The Morgan fingerprint density at radius 1 is 1.18 bits per heavy atom. The number of carbonyl (C=O) groups excluding carboxylic acids is 2. The van der Waals surface area contributed by atoms with Crippen molar-refractivity contribution in [1.29, 1.82) is 0 Å². The maximum Gasteiger partial charge on any atom is 0.235 e. The van der Waals surface area contributed by atoms with E-state index in [0.29, 0.717) is 0 Å². The highest BCUT2D eigenvalue weighted by molar-refractivity contribution is 9.10. The quantitative estimate of drug-likeness (QED) is 0.665. The number of allylic oxidation sites excluding steroid dienone is 2. The van der Waals surface area contributed by atoms with Crippen LogP contribution in [0.2, 0.25) is 0 Å². The standard InChI is InChI=1S/C17H17BrN2O2/c1-9-6-12(18)4-5-13(9)19-8-20-16(21)14-10-2-3-11(7-10)15(14)17(20)22/h2-6,10-11,14-15,19H,7-8H2,1H3. The second kappa shape index (κ2) is 4.95. The summed E-state index contributed by atoms with van der Waals surface area (Å²) >= 11 is 3.43. The predicted octanol–water partition coefficient (Wildman–Crippen LogP) is 2.93. The minimum Gasteiger partial charge on any atom is -0.367 e. The maximum absolute atomic E-state index is 12.6. The van der Waals surface area contributed by atoms with E-state index in [1.807, 2.05) is 25.1 Å². The third-order valence-corrected chi connectivity index (χ3v) is 5.67. The lowest BCUT2D eigenvalue weighted by molar-refractivity contribution is -0.140. The summed E-state index contributed by atoms with van der Waals surface area (Å²) in [6.07, 6.45) is 5.21. The van der Waals surface area contributed by atoms with E-state index >= 15 is 0 Å². The highest BCUT2D eigenvalue weighted by Gasteiger charge is 2.59. The molecule has 4 rings (SSSR count). The van der Waals surface area contributed by atoms with E-state index in [9.17, 15) is 9.59 Å². The van der Waals surface area contributed by atoms with E-state index in [1.165, 1.54) is 4.90 Å². The van der Waals surface area contributed by atoms with Gasteiger partial charge in [-0.3, -0.25) is 14.5 Å². The molecule has 1 saturated carbocycles. The Labute approximate surface area is 137 Å². The fourth-order valence-corrected chi connectivity index (χ4v) is 4.59. The van der Waals surface area contributed by atoms with E-state index < -0.39 is 0 Å². The normalized spacial score (nSPS) is 32.0. The molecule has 2 amide bonds. The topological polar surface area (TPSA) is 49.4 Å². The number of halogens is 1. The Hall–Kier alpha value is -1.62. The lowest BCUT2D eigenvalue weighted by Gasteiger charge is -2.19. The lowest BCUT2D eigenvalue weighted by atomic mass is 9.85. The SMILES string of the molecule is Cc1cc(Br)ccc1NCN1C(=O)C2C3C=CC(C3)C2C1=O. The third kappa shape index (κ3) is 1.95. The van der Waals surface area contributed by atoms with Gasteiger partial charge in [-0.2, -0.15) is 0 Å². The molecular formula is C17H17BrN2O2. The molecule has 3 aliphatic rings. The molecule has 2 bridgehead atoms. The Bertz CT molecular complexity index is 670. The second-order valence-corrected chi connectivity index (χ2v) is 7.31. The van der Waals surface area contributed by atoms with Crippen molar-refractivity contribution in [3.63, 3.8) is 0 Å². The molecule has 4 nitrogen and oxygen atoms in total. The smallest absolute Gasteiger partial charge is 0.235 e. The third-order valence-electron chi connectivity index (χ3n) is 5.18. The van der Waals surface area contributed by atoms with E-state index in [4.69, 9.17) is 0 Å². The number of benzene rings is 1. The summed E-state index contributed by atoms with van der Waals surface area (Å²) in [7, 11) is 0. The Balaban J connectivity index is 1.50. The summed E-state index contributed by atoms with van der Waals surface area (Å²) in [5.74, 6) is 0.297. The van der Waals surface area contributed by atoms with Gasteiger partial charge in [-0.25, -0.2) is 0 Å². The molecule has 4 unspecified atom stereocenters. The van der Waals surface area contributed by atoms with Gasteiger partial charge in [0.2, 0.25) is 11.8 Å². The molecule has 5 heteroatoms. The van der Waals surface area contributed by atoms with Crippen molar-refractivity contribution in [1.82, 2.24) is 4.90 Å². The van der Waals surface area contributed by atoms with Gasteiger partial charge in [0.05, 0.1) is 18.5 Å². The molecule has 1 heterocycles. The largest absolute Gasteiger partial charge is 0.367 e. The first kappa shape index (κ1) is 14.0. The zero-order valence-corrected chi connectivity index (χ0v) is 13.8. The summed E-state index contributed by atoms with van der Waals surface area (Å²) in [6.45, 7) is 2.26. The van der Waals surface area contributed by atoms with Gasteiger partial charge in [0.15, 0.2) is 0 Å². The molecule has 0 aromatic heterocycles. The predicted molar refractivity (Wildman–Crippen MR) is 86.9 cm³/mol. The van der Waals surface area contributed by atoms with Gasteiger partial charge in [-0.05, 0) is 48.9 Å². The lowest BCUT2D eigenvalue weighted by Crippen LogP contribution is -2.37. The zero-order chi connectivity index (χ0) is 15.4. The molecule has 114 valence electrons. The van der Waals surface area contributed by atoms with Gasteiger partial charge >= 0.3 is 0 Å². The molecule has 1 N–H and O–H groups in total. The van der Waals surface area contributed by atoms with Gasteiger partial charge in [0, 0.05) is 10.2 Å². The number of rotatable bonds is 3. The summed E-state index contributed by atoms with van der Waals surface area (Å²) < 4.78 is 1.01. The summed E-state index contributed by atoms with van der Waals surface area (Å²) in [5.41, 5.74) is 2.03. The van der Waals surface area contributed by atoms with Crippen molar-refractivity contribution in [3.05, 3.63) is 40.4 Å². The fraction of sp³-hybridized carbons (Fsp3) is 0.412. The van der Waals surface area contributed by atoms with Crippen LogP contribution in [0.5, 0.6) is 0 Å². The Kier molecular flexibility index (Phi) is 3.15. The highest BCUT2D eigenvalue weighted by atomic mass is 79.9. The molecule has 1 aromatic rings. The number of nitrogens with zero attached hydrogens (tertiary/aromatic N) is 1. The number of hydrogen-bond acceptors (Lipinski definition) is 3. The first-order valence-electron chi connectivity index (χ1n) is 7.60. The van der Waals surface area contributed by atoms with Crippen molar-refractivity contribution in [2.24, 2.45) is 23.7 Å². The van der Waals surface area contributed by atoms with Crippen LogP contribution in [0.25, 0.3) is 0 Å². The van der Waals surface area contributed by atoms with Crippen LogP contribution < -0.4 is 5.32 Å². The maximum atomic E-state index is 12.6. The van der Waals surface area contributed by atoms with Crippen molar-refractivity contribution in [2.45, 2.75) is 13.3 Å². The molecule has 1 aliphatic heterocycles. The second-order valence-electron chi connectivity index (χ2n) is 6.40. The number of fused-ring (bicyclic) bond motifs is 5. The average Bonchev–Trinajstić information content (AvgIpc) is 3.14. The molecule has 0 radical (unpaired) electrons. The minimum atomic E-state index is -0.115. The molecule has 2 fully saturated rings. The van der Waals surface area contributed by atoms with Gasteiger partial charge in [-0.15, -0.1) is 0 Å². The van der Waals surface area contributed by atoms with Crippen LogP contribution in [0.4, 0.5) is 5.69 Å². The van der Waals surface area contributed by atoms with E-state index in [1.54, 1.807) is 0 Å². The van der Waals surface area contributed by atoms with E-state index in [0.717, 1.165) is 22.1 Å². The molecule has 0 spiro atoms. The van der Waals surface area contributed by atoms with Crippen LogP contribution in [-0.4, -0.2) is 23.4 Å². The number of anilines is 1. The Morgan fingerprint density at radius 3 is 2.41 bits per heavy atom. The van der Waals surface area contributed by atoms with Crippen molar-refractivity contribution in [3.8, 4) is 0 Å². The van der Waals surface area contributed by atoms with Gasteiger partial charge in [0.25, 0.3) is 0 Å². The highest BCUT2D eigenvalue weighted by Crippen LogP contribution is 2.52. The average molecular weight is 361 g/mol. The molecule has 22 heavy (non-hydrogen) atoms. The van der Waals surface area contributed by atoms with Gasteiger partial charge < -0.3 is 5.32 Å². The van der Waals surface area contributed by atoms with Crippen LogP contribution >= 0.6 is 15.9 Å². The number of carbonyl (C=O) groups is 2. The van der Waals surface area contributed by atoms with Crippen LogP contribution in [0.1, 0.15) is 12.0 Å².